The average Bonchev–Trinajstić information content (AvgIpc) is 2.67. The van der Waals surface area contributed by atoms with Gasteiger partial charge in [-0.25, -0.2) is 4.98 Å². The number of nitrogens with one attached hydrogen (secondary N) is 2. The second kappa shape index (κ2) is 4.42. The van der Waals surface area contributed by atoms with E-state index in [4.69, 9.17) is 27.5 Å². The van der Waals surface area contributed by atoms with Crippen molar-refractivity contribution in [3.8, 4) is 11.8 Å². The van der Waals surface area contributed by atoms with Gasteiger partial charge < -0.3 is 10.5 Å². The number of H-pyrrole nitrogens is 1. The molecule has 0 aliphatic heterocycles. The van der Waals surface area contributed by atoms with Crippen molar-refractivity contribution in [2.45, 2.75) is 6.92 Å². The summed E-state index contributed by atoms with van der Waals surface area (Å²) in [5.41, 5.74) is 6.61. The summed E-state index contributed by atoms with van der Waals surface area (Å²) in [4.78, 5) is 3.97. The van der Waals surface area contributed by atoms with E-state index in [9.17, 15) is 0 Å². The highest BCUT2D eigenvalue weighted by Crippen LogP contribution is 2.28. The number of halogens is 1. The number of nitrogens with zero attached hydrogens (tertiary/aromatic N) is 2. The van der Waals surface area contributed by atoms with Crippen LogP contribution in [0.2, 0.25) is 5.02 Å². The zero-order chi connectivity index (χ0) is 12.4. The van der Waals surface area contributed by atoms with E-state index in [-0.39, 0.29) is 16.7 Å². The number of nitrogens with two attached hydrogens (primary N) is 1. The van der Waals surface area contributed by atoms with Crippen LogP contribution >= 0.6 is 11.6 Å². The fraction of sp³-hybridized carbons (Fsp3) is 0.100. The Morgan fingerprint density at radius 1 is 1.59 bits per heavy atom. The highest BCUT2D eigenvalue weighted by Gasteiger charge is 2.12. The van der Waals surface area contributed by atoms with E-state index in [1.54, 1.807) is 12.1 Å². The number of nitrogen functional groups attached to an aromatic ring is 1. The number of rotatable bonds is 3. The normalized spacial score (nSPS) is 10.2. The first-order valence-corrected chi connectivity index (χ1v) is 5.14. The molecule has 7 heteroatoms. The Balaban J connectivity index is 2.33. The summed E-state index contributed by atoms with van der Waals surface area (Å²) in [6, 6.07) is 3.26. The van der Waals surface area contributed by atoms with Crippen molar-refractivity contribution < 1.29 is 4.74 Å². The average molecular weight is 252 g/mol. The summed E-state index contributed by atoms with van der Waals surface area (Å²) < 4.78 is 5.38. The maximum atomic E-state index is 7.34. The Morgan fingerprint density at radius 2 is 2.35 bits per heavy atom. The molecule has 0 unspecified atom stereocenters. The summed E-state index contributed by atoms with van der Waals surface area (Å²) in [5.74, 6) is 0.393. The standard InChI is InChI=1S/C10H10ClN5O/c1-5-4-7(16-15-5)17-10-8(11)6(9(12)13)2-3-14-10/h2-4H,1H3,(H3,12,13)(H,15,16). The SMILES string of the molecule is Cc1cc(Oc2nccc(C(=N)N)c2Cl)n[nH]1. The minimum atomic E-state index is -0.138. The van der Waals surface area contributed by atoms with Crippen LogP contribution in [-0.4, -0.2) is 21.0 Å². The van der Waals surface area contributed by atoms with Gasteiger partial charge in [0, 0.05) is 23.5 Å². The highest BCUT2D eigenvalue weighted by atomic mass is 35.5. The second-order valence-corrected chi connectivity index (χ2v) is 3.76. The van der Waals surface area contributed by atoms with Gasteiger partial charge in [-0.15, -0.1) is 5.10 Å². The lowest BCUT2D eigenvalue weighted by Gasteiger charge is -2.06. The Kier molecular flexibility index (Phi) is 2.97. The Bertz CT molecular complexity index is 566. The third-order valence-corrected chi connectivity index (χ3v) is 2.40. The van der Waals surface area contributed by atoms with Gasteiger partial charge in [-0.2, -0.15) is 0 Å². The minimum absolute atomic E-state index is 0.138. The number of aryl methyl sites for hydroxylation is 1. The molecule has 6 nitrogen and oxygen atoms in total. The Labute approximate surface area is 102 Å². The molecule has 0 aliphatic carbocycles. The maximum absolute atomic E-state index is 7.34. The largest absolute Gasteiger partial charge is 0.417 e. The fourth-order valence-corrected chi connectivity index (χ4v) is 1.50. The van der Waals surface area contributed by atoms with E-state index >= 15 is 0 Å². The first-order chi connectivity index (χ1) is 8.08. The molecule has 2 heterocycles. The number of hydrogen-bond donors (Lipinski definition) is 3. The van der Waals surface area contributed by atoms with E-state index in [1.165, 1.54) is 6.20 Å². The van der Waals surface area contributed by atoms with Gasteiger partial charge in [0.15, 0.2) is 0 Å². The third-order valence-electron chi connectivity index (χ3n) is 2.03. The number of aromatic nitrogens is 3. The van der Waals surface area contributed by atoms with Gasteiger partial charge >= 0.3 is 0 Å². The molecule has 88 valence electrons. The van der Waals surface area contributed by atoms with Crippen molar-refractivity contribution in [3.05, 3.63) is 34.6 Å². The summed E-state index contributed by atoms with van der Waals surface area (Å²) >= 11 is 6.01. The van der Waals surface area contributed by atoms with Crippen molar-refractivity contribution in [1.29, 1.82) is 5.41 Å². The maximum Gasteiger partial charge on any atom is 0.240 e. The molecular formula is C10H10ClN5O. The third kappa shape index (κ3) is 2.36. The summed E-state index contributed by atoms with van der Waals surface area (Å²) in [7, 11) is 0. The van der Waals surface area contributed by atoms with Crippen LogP contribution in [0, 0.1) is 12.3 Å². The van der Waals surface area contributed by atoms with Crippen LogP contribution in [0.5, 0.6) is 11.8 Å². The number of hydrogen-bond acceptors (Lipinski definition) is 4. The first kappa shape index (κ1) is 11.4. The van der Waals surface area contributed by atoms with Gasteiger partial charge in [-0.05, 0) is 13.0 Å². The van der Waals surface area contributed by atoms with Crippen molar-refractivity contribution in [2.75, 3.05) is 0 Å². The summed E-state index contributed by atoms with van der Waals surface area (Å²) in [6.45, 7) is 1.85. The quantitative estimate of drug-likeness (QED) is 0.572. The van der Waals surface area contributed by atoms with Gasteiger partial charge in [0.1, 0.15) is 10.9 Å². The molecule has 2 rings (SSSR count). The lowest BCUT2D eigenvalue weighted by atomic mass is 10.2. The zero-order valence-electron chi connectivity index (χ0n) is 8.99. The molecule has 0 saturated carbocycles. The van der Waals surface area contributed by atoms with Crippen LogP contribution in [0.1, 0.15) is 11.3 Å². The molecule has 0 bridgehead atoms. The number of pyridine rings is 1. The topological polar surface area (TPSA) is 101 Å². The molecule has 0 radical (unpaired) electrons. The zero-order valence-corrected chi connectivity index (χ0v) is 9.75. The molecule has 0 fully saturated rings. The van der Waals surface area contributed by atoms with E-state index in [0.29, 0.717) is 11.4 Å². The molecule has 0 saturated heterocycles. The molecule has 2 aromatic rings. The van der Waals surface area contributed by atoms with Crippen LogP contribution in [0.3, 0.4) is 0 Å². The van der Waals surface area contributed by atoms with Crippen molar-refractivity contribution in [1.82, 2.24) is 15.2 Å². The molecule has 4 N–H and O–H groups in total. The minimum Gasteiger partial charge on any atom is -0.417 e. The van der Waals surface area contributed by atoms with E-state index in [1.807, 2.05) is 6.92 Å². The van der Waals surface area contributed by atoms with Crippen LogP contribution in [0.4, 0.5) is 0 Å². The first-order valence-electron chi connectivity index (χ1n) is 4.76. The predicted molar refractivity (Wildman–Crippen MR) is 63.7 cm³/mol. The second-order valence-electron chi connectivity index (χ2n) is 3.38. The van der Waals surface area contributed by atoms with Crippen molar-refractivity contribution in [3.63, 3.8) is 0 Å². The molecule has 0 amide bonds. The van der Waals surface area contributed by atoms with Gasteiger partial charge in [0.05, 0.1) is 0 Å². The van der Waals surface area contributed by atoms with E-state index < -0.39 is 0 Å². The number of aromatic amines is 1. The van der Waals surface area contributed by atoms with Gasteiger partial charge in [0.25, 0.3) is 0 Å². The highest BCUT2D eigenvalue weighted by molar-refractivity contribution is 6.35. The molecule has 2 aromatic heterocycles. The molecular weight excluding hydrogens is 242 g/mol. The van der Waals surface area contributed by atoms with Crippen molar-refractivity contribution >= 4 is 17.4 Å². The Morgan fingerprint density at radius 3 is 2.94 bits per heavy atom. The van der Waals surface area contributed by atoms with Gasteiger partial charge in [0.2, 0.25) is 11.8 Å². The lowest BCUT2D eigenvalue weighted by Crippen LogP contribution is -2.12. The van der Waals surface area contributed by atoms with Crippen LogP contribution in [-0.2, 0) is 0 Å². The van der Waals surface area contributed by atoms with Gasteiger partial charge in [-0.3, -0.25) is 10.5 Å². The van der Waals surface area contributed by atoms with Gasteiger partial charge in [-0.1, -0.05) is 11.6 Å². The smallest absolute Gasteiger partial charge is 0.240 e. The van der Waals surface area contributed by atoms with Crippen LogP contribution in [0.15, 0.2) is 18.3 Å². The van der Waals surface area contributed by atoms with E-state index in [0.717, 1.165) is 5.69 Å². The molecule has 0 atom stereocenters. The molecule has 17 heavy (non-hydrogen) atoms. The monoisotopic (exact) mass is 251 g/mol. The summed E-state index contributed by atoms with van der Waals surface area (Å²) in [6.07, 6.45) is 1.47. The molecule has 0 aromatic carbocycles. The molecule has 0 spiro atoms. The molecule has 0 aliphatic rings. The van der Waals surface area contributed by atoms with Crippen LogP contribution in [0.25, 0.3) is 0 Å². The van der Waals surface area contributed by atoms with E-state index in [2.05, 4.69) is 15.2 Å². The fourth-order valence-electron chi connectivity index (χ4n) is 1.25. The lowest BCUT2D eigenvalue weighted by molar-refractivity contribution is 0.443. The Hall–Kier alpha value is -2.08. The predicted octanol–water partition coefficient (Wildman–Crippen LogP) is 1.84. The number of amidine groups is 1. The van der Waals surface area contributed by atoms with Crippen molar-refractivity contribution in [2.24, 2.45) is 5.73 Å². The number of ether oxygens (including phenoxy) is 1. The summed E-state index contributed by atoms with van der Waals surface area (Å²) in [5, 5.41) is 14.2. The van der Waals surface area contributed by atoms with Crippen LogP contribution < -0.4 is 10.5 Å².